The van der Waals surface area contributed by atoms with Gasteiger partial charge < -0.3 is 19.5 Å². The highest BCUT2D eigenvalue weighted by Gasteiger charge is 2.27. The number of likely N-dealkylation sites (N-methyl/N-ethyl adjacent to an activating group) is 2. The SMILES string of the molecule is CC(=O)CCCCN1C=C2C(=NCN2C)N(C)C1. The molecule has 2 aliphatic heterocycles. The number of Topliss-reactive ketones (excluding diaryl/α,β-unsaturated/α-hetero) is 1. The molecule has 0 unspecified atom stereocenters. The van der Waals surface area contributed by atoms with Crippen LogP contribution in [0.4, 0.5) is 0 Å². The molecule has 18 heavy (non-hydrogen) atoms. The Hall–Kier alpha value is -1.52. The van der Waals surface area contributed by atoms with Crippen LogP contribution in [0.3, 0.4) is 0 Å². The first-order chi connectivity index (χ1) is 8.58. The Morgan fingerprint density at radius 3 is 2.83 bits per heavy atom. The number of ketones is 1. The van der Waals surface area contributed by atoms with Crippen molar-refractivity contribution in [3.63, 3.8) is 0 Å². The molecule has 0 aliphatic carbocycles. The number of aliphatic imine (C=N–C) groups is 1. The highest BCUT2D eigenvalue weighted by Crippen LogP contribution is 2.20. The lowest BCUT2D eigenvalue weighted by molar-refractivity contribution is -0.117. The first-order valence-corrected chi connectivity index (χ1v) is 6.50. The van der Waals surface area contributed by atoms with Crippen molar-refractivity contribution in [3.05, 3.63) is 11.9 Å². The van der Waals surface area contributed by atoms with E-state index >= 15 is 0 Å². The number of amidine groups is 1. The van der Waals surface area contributed by atoms with E-state index in [2.05, 4.69) is 40.0 Å². The fourth-order valence-corrected chi connectivity index (χ4v) is 2.35. The summed E-state index contributed by atoms with van der Waals surface area (Å²) in [6, 6.07) is 0. The number of fused-ring (bicyclic) bond motifs is 1. The summed E-state index contributed by atoms with van der Waals surface area (Å²) < 4.78 is 0. The van der Waals surface area contributed by atoms with Crippen LogP contribution >= 0.6 is 0 Å². The molecule has 2 rings (SSSR count). The molecular weight excluding hydrogens is 228 g/mol. The number of rotatable bonds is 5. The zero-order valence-corrected chi connectivity index (χ0v) is 11.5. The molecule has 0 fully saturated rings. The maximum atomic E-state index is 10.9. The molecule has 0 amide bonds. The van der Waals surface area contributed by atoms with Crippen LogP contribution in [0.2, 0.25) is 0 Å². The van der Waals surface area contributed by atoms with Crippen molar-refractivity contribution in [3.8, 4) is 0 Å². The van der Waals surface area contributed by atoms with Crippen LogP contribution < -0.4 is 0 Å². The second-order valence-electron chi connectivity index (χ2n) is 5.15. The first-order valence-electron chi connectivity index (χ1n) is 6.50. The summed E-state index contributed by atoms with van der Waals surface area (Å²) in [5.41, 5.74) is 1.20. The maximum absolute atomic E-state index is 10.9. The molecule has 5 nitrogen and oxygen atoms in total. The quantitative estimate of drug-likeness (QED) is 0.685. The second kappa shape index (κ2) is 5.42. The van der Waals surface area contributed by atoms with Gasteiger partial charge in [-0.25, -0.2) is 4.99 Å². The van der Waals surface area contributed by atoms with Gasteiger partial charge in [-0.05, 0) is 19.8 Å². The molecule has 0 aromatic rings. The van der Waals surface area contributed by atoms with Crippen LogP contribution in [0.15, 0.2) is 16.9 Å². The van der Waals surface area contributed by atoms with E-state index in [0.717, 1.165) is 38.6 Å². The molecule has 2 heterocycles. The Balaban J connectivity index is 1.87. The third kappa shape index (κ3) is 2.83. The summed E-state index contributed by atoms with van der Waals surface area (Å²) >= 11 is 0. The van der Waals surface area contributed by atoms with Gasteiger partial charge in [0.2, 0.25) is 0 Å². The third-order valence-corrected chi connectivity index (χ3v) is 3.36. The summed E-state index contributed by atoms with van der Waals surface area (Å²) in [5.74, 6) is 1.38. The van der Waals surface area contributed by atoms with E-state index in [1.165, 1.54) is 5.70 Å². The number of hydrogen-bond acceptors (Lipinski definition) is 5. The van der Waals surface area contributed by atoms with Crippen LogP contribution in [-0.4, -0.2) is 60.3 Å². The number of carbonyl (C=O) groups excluding carboxylic acids is 1. The fraction of sp³-hybridized carbons (Fsp3) is 0.692. The normalized spacial score (nSPS) is 18.7. The molecule has 0 bridgehead atoms. The average Bonchev–Trinajstić information content (AvgIpc) is 2.67. The van der Waals surface area contributed by atoms with E-state index in [9.17, 15) is 4.79 Å². The summed E-state index contributed by atoms with van der Waals surface area (Å²) in [5, 5.41) is 0. The molecule has 100 valence electrons. The van der Waals surface area contributed by atoms with E-state index < -0.39 is 0 Å². The van der Waals surface area contributed by atoms with Gasteiger partial charge in [-0.15, -0.1) is 0 Å². The number of carbonyl (C=O) groups is 1. The molecular formula is C13H22N4O. The second-order valence-corrected chi connectivity index (χ2v) is 5.15. The van der Waals surface area contributed by atoms with Crippen molar-refractivity contribution >= 4 is 11.6 Å². The van der Waals surface area contributed by atoms with E-state index in [4.69, 9.17) is 0 Å². The van der Waals surface area contributed by atoms with Crippen LogP contribution in [0, 0.1) is 0 Å². The smallest absolute Gasteiger partial charge is 0.152 e. The topological polar surface area (TPSA) is 39.2 Å². The predicted molar refractivity (Wildman–Crippen MR) is 72.0 cm³/mol. The van der Waals surface area contributed by atoms with Gasteiger partial charge in [0.05, 0.1) is 12.4 Å². The Morgan fingerprint density at radius 2 is 2.11 bits per heavy atom. The van der Waals surface area contributed by atoms with Crippen molar-refractivity contribution in [1.29, 1.82) is 0 Å². The molecule has 5 heteroatoms. The minimum absolute atomic E-state index is 0.286. The van der Waals surface area contributed by atoms with Crippen LogP contribution in [-0.2, 0) is 4.79 Å². The van der Waals surface area contributed by atoms with Crippen LogP contribution in [0.1, 0.15) is 26.2 Å². The summed E-state index contributed by atoms with van der Waals surface area (Å²) in [4.78, 5) is 22.0. The Kier molecular flexibility index (Phi) is 3.89. The Bertz CT molecular complexity index is 388. The van der Waals surface area contributed by atoms with Gasteiger partial charge in [-0.1, -0.05) is 0 Å². The number of nitrogens with zero attached hydrogens (tertiary/aromatic N) is 4. The molecule has 0 saturated heterocycles. The zero-order valence-electron chi connectivity index (χ0n) is 11.5. The van der Waals surface area contributed by atoms with Gasteiger partial charge in [0.25, 0.3) is 0 Å². The predicted octanol–water partition coefficient (Wildman–Crippen LogP) is 1.09. The molecule has 2 aliphatic rings. The Labute approximate surface area is 109 Å². The van der Waals surface area contributed by atoms with E-state index in [0.29, 0.717) is 6.42 Å². The molecule has 0 N–H and O–H groups in total. The summed E-state index contributed by atoms with van der Waals surface area (Å²) in [6.07, 6.45) is 4.94. The van der Waals surface area contributed by atoms with Gasteiger partial charge in [0.15, 0.2) is 5.84 Å². The van der Waals surface area contributed by atoms with Gasteiger partial charge >= 0.3 is 0 Å². The van der Waals surface area contributed by atoms with E-state index in [1.54, 1.807) is 6.92 Å². The molecule has 0 aromatic carbocycles. The molecule has 0 spiro atoms. The largest absolute Gasteiger partial charge is 0.358 e. The van der Waals surface area contributed by atoms with Crippen molar-refractivity contribution in [2.24, 2.45) is 4.99 Å². The summed E-state index contributed by atoms with van der Waals surface area (Å²) in [7, 11) is 4.14. The maximum Gasteiger partial charge on any atom is 0.152 e. The highest BCUT2D eigenvalue weighted by molar-refractivity contribution is 5.99. The van der Waals surface area contributed by atoms with Crippen molar-refractivity contribution in [1.82, 2.24) is 14.7 Å². The highest BCUT2D eigenvalue weighted by atomic mass is 16.1. The fourth-order valence-electron chi connectivity index (χ4n) is 2.35. The van der Waals surface area contributed by atoms with Crippen LogP contribution in [0.5, 0.6) is 0 Å². The molecule has 0 saturated carbocycles. The lowest BCUT2D eigenvalue weighted by Crippen LogP contribution is -2.43. The van der Waals surface area contributed by atoms with Crippen LogP contribution in [0.25, 0.3) is 0 Å². The first kappa shape index (κ1) is 12.9. The lowest BCUT2D eigenvalue weighted by atomic mass is 10.2. The molecule has 0 radical (unpaired) electrons. The minimum atomic E-state index is 0.286. The molecule has 0 aromatic heterocycles. The average molecular weight is 250 g/mol. The van der Waals surface area contributed by atoms with E-state index in [1.807, 2.05) is 0 Å². The van der Waals surface area contributed by atoms with Crippen molar-refractivity contribution in [2.75, 3.05) is 34.0 Å². The van der Waals surface area contributed by atoms with Crippen molar-refractivity contribution < 1.29 is 4.79 Å². The summed E-state index contributed by atoms with van der Waals surface area (Å²) in [6.45, 7) is 4.30. The van der Waals surface area contributed by atoms with E-state index in [-0.39, 0.29) is 5.78 Å². The standard InChI is InChI=1S/C13H22N4O/c1-11(18)6-4-5-7-17-8-12-13(16(3)10-17)14-9-15(12)2/h8H,4-7,9-10H2,1-3H3. The van der Waals surface area contributed by atoms with Gasteiger partial charge in [-0.2, -0.15) is 0 Å². The Morgan fingerprint density at radius 1 is 1.33 bits per heavy atom. The monoisotopic (exact) mass is 250 g/mol. The van der Waals surface area contributed by atoms with Gasteiger partial charge in [-0.3, -0.25) is 0 Å². The third-order valence-electron chi connectivity index (χ3n) is 3.36. The zero-order chi connectivity index (χ0) is 13.1. The van der Waals surface area contributed by atoms with Crippen molar-refractivity contribution in [2.45, 2.75) is 26.2 Å². The van der Waals surface area contributed by atoms with Gasteiger partial charge in [0.1, 0.15) is 12.5 Å². The lowest BCUT2D eigenvalue weighted by Gasteiger charge is -2.34. The molecule has 0 atom stereocenters. The van der Waals surface area contributed by atoms with Gasteiger partial charge in [0, 0.05) is 33.3 Å². The number of unbranched alkanes of at least 4 members (excludes halogenated alkanes) is 1. The number of hydrogen-bond donors (Lipinski definition) is 0. The minimum Gasteiger partial charge on any atom is -0.358 e.